The van der Waals surface area contributed by atoms with Gasteiger partial charge in [0.05, 0.1) is 12.2 Å². The van der Waals surface area contributed by atoms with Gasteiger partial charge in [0.25, 0.3) is 0 Å². The van der Waals surface area contributed by atoms with Crippen molar-refractivity contribution in [1.29, 1.82) is 0 Å². The molecular formula is C7H9NO3. The van der Waals surface area contributed by atoms with Gasteiger partial charge in [0, 0.05) is 6.20 Å². The van der Waals surface area contributed by atoms with Crippen molar-refractivity contribution in [1.82, 2.24) is 4.98 Å². The maximum Gasteiger partial charge on any atom is 0.232 e. The average Bonchev–Trinajstić information content (AvgIpc) is 2.34. The van der Waals surface area contributed by atoms with Crippen molar-refractivity contribution in [3.63, 3.8) is 0 Å². The van der Waals surface area contributed by atoms with E-state index in [2.05, 4.69) is 4.98 Å². The van der Waals surface area contributed by atoms with Crippen LogP contribution in [-0.4, -0.2) is 23.0 Å². The monoisotopic (exact) mass is 155 g/mol. The fourth-order valence-corrected chi connectivity index (χ4v) is 0.797. The van der Waals surface area contributed by atoms with Crippen LogP contribution in [0.3, 0.4) is 0 Å². The largest absolute Gasteiger partial charge is 0.492 e. The third kappa shape index (κ3) is 1.34. The third-order valence-electron chi connectivity index (χ3n) is 1.26. The highest BCUT2D eigenvalue weighted by Crippen LogP contribution is 2.27. The minimum absolute atomic E-state index is 0.103. The summed E-state index contributed by atoms with van der Waals surface area (Å²) in [5.74, 6) is 0.122. The standard InChI is InChI=1S/C7H9NO3/c1-2-11-6-5(4-9)3-8-7(6)10/h3-4,8,10H,2H2,1H3. The van der Waals surface area contributed by atoms with E-state index in [1.54, 1.807) is 6.92 Å². The van der Waals surface area contributed by atoms with Crippen molar-refractivity contribution >= 4 is 6.29 Å². The number of ether oxygens (including phenoxy) is 1. The van der Waals surface area contributed by atoms with Gasteiger partial charge in [-0.25, -0.2) is 0 Å². The number of H-pyrrole nitrogens is 1. The fraction of sp³-hybridized carbons (Fsp3) is 0.286. The zero-order chi connectivity index (χ0) is 8.27. The number of hydrogen-bond donors (Lipinski definition) is 2. The van der Waals surface area contributed by atoms with Crippen LogP contribution in [0.4, 0.5) is 0 Å². The molecule has 4 heteroatoms. The van der Waals surface area contributed by atoms with E-state index in [1.807, 2.05) is 0 Å². The molecule has 0 radical (unpaired) electrons. The highest BCUT2D eigenvalue weighted by molar-refractivity contribution is 5.80. The average molecular weight is 155 g/mol. The predicted molar refractivity (Wildman–Crippen MR) is 39.0 cm³/mol. The number of carbonyl (C=O) groups excluding carboxylic acids is 1. The summed E-state index contributed by atoms with van der Waals surface area (Å²) in [6.45, 7) is 2.20. The minimum Gasteiger partial charge on any atom is -0.492 e. The van der Waals surface area contributed by atoms with Gasteiger partial charge in [0.1, 0.15) is 0 Å². The molecule has 1 heterocycles. The number of carbonyl (C=O) groups is 1. The van der Waals surface area contributed by atoms with Crippen molar-refractivity contribution in [3.05, 3.63) is 11.8 Å². The van der Waals surface area contributed by atoms with Gasteiger partial charge in [0.15, 0.2) is 12.0 Å². The number of rotatable bonds is 3. The number of aldehydes is 1. The summed E-state index contributed by atoms with van der Waals surface area (Å²) in [6.07, 6.45) is 2.02. The molecule has 1 aromatic heterocycles. The quantitative estimate of drug-likeness (QED) is 0.638. The van der Waals surface area contributed by atoms with Crippen molar-refractivity contribution in [2.24, 2.45) is 0 Å². The van der Waals surface area contributed by atoms with Gasteiger partial charge in [-0.3, -0.25) is 4.79 Å². The molecule has 0 amide bonds. The fourth-order valence-electron chi connectivity index (χ4n) is 0.797. The van der Waals surface area contributed by atoms with E-state index >= 15 is 0 Å². The van der Waals surface area contributed by atoms with E-state index in [1.165, 1.54) is 6.20 Å². The molecule has 2 N–H and O–H groups in total. The molecule has 1 rings (SSSR count). The van der Waals surface area contributed by atoms with E-state index < -0.39 is 0 Å². The number of hydrogen-bond acceptors (Lipinski definition) is 3. The summed E-state index contributed by atoms with van der Waals surface area (Å²) < 4.78 is 4.99. The Hall–Kier alpha value is -1.45. The summed E-state index contributed by atoms with van der Waals surface area (Å²) in [7, 11) is 0. The van der Waals surface area contributed by atoms with Crippen LogP contribution >= 0.6 is 0 Å². The second-order valence-electron chi connectivity index (χ2n) is 1.97. The first-order valence-corrected chi connectivity index (χ1v) is 3.28. The Balaban J connectivity index is 2.97. The van der Waals surface area contributed by atoms with Gasteiger partial charge in [-0.05, 0) is 6.92 Å². The molecule has 0 saturated heterocycles. The maximum absolute atomic E-state index is 10.3. The van der Waals surface area contributed by atoms with Crippen molar-refractivity contribution in [3.8, 4) is 11.6 Å². The maximum atomic E-state index is 10.3. The highest BCUT2D eigenvalue weighted by atomic mass is 16.5. The molecule has 0 aliphatic rings. The van der Waals surface area contributed by atoms with Gasteiger partial charge in [-0.2, -0.15) is 0 Å². The van der Waals surface area contributed by atoms with Crippen LogP contribution in [0.25, 0.3) is 0 Å². The summed E-state index contributed by atoms with van der Waals surface area (Å²) >= 11 is 0. The lowest BCUT2D eigenvalue weighted by Crippen LogP contribution is -1.92. The van der Waals surface area contributed by atoms with Gasteiger partial charge in [0.2, 0.25) is 5.88 Å². The zero-order valence-electron chi connectivity index (χ0n) is 6.13. The highest BCUT2D eigenvalue weighted by Gasteiger charge is 2.09. The van der Waals surface area contributed by atoms with E-state index in [-0.39, 0.29) is 11.6 Å². The number of nitrogens with one attached hydrogen (secondary N) is 1. The normalized spacial score (nSPS) is 9.55. The van der Waals surface area contributed by atoms with E-state index in [9.17, 15) is 4.79 Å². The van der Waals surface area contributed by atoms with Crippen LogP contribution in [0.1, 0.15) is 17.3 Å². The van der Waals surface area contributed by atoms with E-state index in [0.29, 0.717) is 18.5 Å². The molecule has 4 nitrogen and oxygen atoms in total. The zero-order valence-corrected chi connectivity index (χ0v) is 6.13. The minimum atomic E-state index is -0.103. The van der Waals surface area contributed by atoms with Gasteiger partial charge < -0.3 is 14.8 Å². The molecular weight excluding hydrogens is 146 g/mol. The van der Waals surface area contributed by atoms with Crippen molar-refractivity contribution in [2.45, 2.75) is 6.92 Å². The Bertz CT molecular complexity index is 254. The van der Waals surface area contributed by atoms with Gasteiger partial charge in [-0.1, -0.05) is 0 Å². The summed E-state index contributed by atoms with van der Waals surface area (Å²) in [5.41, 5.74) is 0.337. The Kier molecular flexibility index (Phi) is 2.15. The van der Waals surface area contributed by atoms with E-state index in [4.69, 9.17) is 9.84 Å². The Labute approximate surface area is 63.8 Å². The molecule has 11 heavy (non-hydrogen) atoms. The molecule has 0 aromatic carbocycles. The van der Waals surface area contributed by atoms with Crippen LogP contribution in [0, 0.1) is 0 Å². The van der Waals surface area contributed by atoms with Crippen LogP contribution in [0.2, 0.25) is 0 Å². The Morgan fingerprint density at radius 3 is 3.09 bits per heavy atom. The summed E-state index contributed by atoms with van der Waals surface area (Å²) in [4.78, 5) is 12.8. The molecule has 1 aromatic rings. The van der Waals surface area contributed by atoms with Crippen LogP contribution in [-0.2, 0) is 0 Å². The molecule has 0 atom stereocenters. The molecule has 0 aliphatic carbocycles. The number of aromatic nitrogens is 1. The molecule has 0 bridgehead atoms. The Morgan fingerprint density at radius 1 is 1.82 bits per heavy atom. The summed E-state index contributed by atoms with van der Waals surface area (Å²) in [5, 5.41) is 9.05. The predicted octanol–water partition coefficient (Wildman–Crippen LogP) is 0.931. The lowest BCUT2D eigenvalue weighted by atomic mass is 10.3. The van der Waals surface area contributed by atoms with Gasteiger partial charge in [-0.15, -0.1) is 0 Å². The van der Waals surface area contributed by atoms with Crippen molar-refractivity contribution in [2.75, 3.05) is 6.61 Å². The molecule has 0 aliphatic heterocycles. The lowest BCUT2D eigenvalue weighted by Gasteiger charge is -1.99. The van der Waals surface area contributed by atoms with Crippen LogP contribution in [0.5, 0.6) is 11.6 Å². The molecule has 0 fully saturated rings. The third-order valence-corrected chi connectivity index (χ3v) is 1.26. The Morgan fingerprint density at radius 2 is 2.55 bits per heavy atom. The number of aromatic amines is 1. The van der Waals surface area contributed by atoms with Crippen molar-refractivity contribution < 1.29 is 14.6 Å². The SMILES string of the molecule is CCOc1c(C=O)c[nH]c1O. The topological polar surface area (TPSA) is 62.3 Å². The lowest BCUT2D eigenvalue weighted by molar-refractivity contribution is 0.112. The van der Waals surface area contributed by atoms with E-state index in [0.717, 1.165) is 0 Å². The number of aromatic hydroxyl groups is 1. The smallest absolute Gasteiger partial charge is 0.232 e. The first-order valence-electron chi connectivity index (χ1n) is 3.28. The molecule has 0 unspecified atom stereocenters. The van der Waals surface area contributed by atoms with Crippen LogP contribution in [0.15, 0.2) is 6.20 Å². The molecule has 0 spiro atoms. The first kappa shape index (κ1) is 7.65. The first-order chi connectivity index (χ1) is 5.29. The second-order valence-corrected chi connectivity index (χ2v) is 1.97. The molecule has 0 saturated carbocycles. The molecule has 60 valence electrons. The summed E-state index contributed by atoms with van der Waals surface area (Å²) in [6, 6.07) is 0. The second kappa shape index (κ2) is 3.09. The van der Waals surface area contributed by atoms with Gasteiger partial charge >= 0.3 is 0 Å². The van der Waals surface area contributed by atoms with Crippen LogP contribution < -0.4 is 4.74 Å².